The summed E-state index contributed by atoms with van der Waals surface area (Å²) in [5, 5.41) is 9.27. The zero-order chi connectivity index (χ0) is 8.69. The van der Waals surface area contributed by atoms with Gasteiger partial charge in [0.15, 0.2) is 0 Å². The van der Waals surface area contributed by atoms with Crippen molar-refractivity contribution in [3.05, 3.63) is 0 Å². The molecular formula is C9H17NO. The quantitative estimate of drug-likeness (QED) is 0.604. The van der Waals surface area contributed by atoms with Crippen LogP contribution in [0.2, 0.25) is 0 Å². The van der Waals surface area contributed by atoms with Gasteiger partial charge in [-0.1, -0.05) is 19.8 Å². The van der Waals surface area contributed by atoms with Gasteiger partial charge in [0.1, 0.15) is 6.10 Å². The topological polar surface area (TPSA) is 23.5 Å². The number of hydrogen-bond acceptors (Lipinski definition) is 2. The van der Waals surface area contributed by atoms with Crippen molar-refractivity contribution >= 4 is 0 Å². The zero-order valence-electron chi connectivity index (χ0n) is 7.59. The van der Waals surface area contributed by atoms with Gasteiger partial charge in [-0.3, -0.25) is 0 Å². The maximum atomic E-state index is 9.27. The summed E-state index contributed by atoms with van der Waals surface area (Å²) in [5.74, 6) is 5.40. The first-order chi connectivity index (χ1) is 5.24. The molecule has 0 saturated heterocycles. The Morgan fingerprint density at radius 3 is 2.27 bits per heavy atom. The molecule has 64 valence electrons. The van der Waals surface area contributed by atoms with Gasteiger partial charge in [-0.25, -0.2) is 0 Å². The monoisotopic (exact) mass is 155 g/mol. The SMILES string of the molecule is CC#CC(O)CN(CC)CC. The second-order valence-electron chi connectivity index (χ2n) is 2.40. The minimum Gasteiger partial charge on any atom is -0.379 e. The van der Waals surface area contributed by atoms with Gasteiger partial charge >= 0.3 is 0 Å². The average Bonchev–Trinajstić information content (AvgIpc) is 2.01. The van der Waals surface area contributed by atoms with Gasteiger partial charge in [0, 0.05) is 6.54 Å². The second-order valence-corrected chi connectivity index (χ2v) is 2.40. The van der Waals surface area contributed by atoms with Crippen molar-refractivity contribution in [2.45, 2.75) is 26.9 Å². The number of nitrogens with zero attached hydrogens (tertiary/aromatic N) is 1. The van der Waals surface area contributed by atoms with Gasteiger partial charge in [-0.2, -0.15) is 0 Å². The summed E-state index contributed by atoms with van der Waals surface area (Å²) in [7, 11) is 0. The molecular weight excluding hydrogens is 138 g/mol. The average molecular weight is 155 g/mol. The fourth-order valence-corrected chi connectivity index (χ4v) is 0.939. The lowest BCUT2D eigenvalue weighted by Gasteiger charge is -2.18. The second kappa shape index (κ2) is 6.21. The van der Waals surface area contributed by atoms with Gasteiger partial charge in [-0.05, 0) is 20.0 Å². The summed E-state index contributed by atoms with van der Waals surface area (Å²) in [6, 6.07) is 0. The van der Waals surface area contributed by atoms with E-state index in [9.17, 15) is 5.11 Å². The van der Waals surface area contributed by atoms with Crippen molar-refractivity contribution in [3.8, 4) is 11.8 Å². The minimum atomic E-state index is -0.486. The summed E-state index contributed by atoms with van der Waals surface area (Å²) >= 11 is 0. The molecule has 0 aliphatic heterocycles. The van der Waals surface area contributed by atoms with E-state index in [1.54, 1.807) is 6.92 Å². The van der Waals surface area contributed by atoms with Crippen LogP contribution < -0.4 is 0 Å². The Morgan fingerprint density at radius 1 is 1.36 bits per heavy atom. The van der Waals surface area contributed by atoms with Crippen LogP contribution in [0.1, 0.15) is 20.8 Å². The number of rotatable bonds is 4. The van der Waals surface area contributed by atoms with Gasteiger partial charge < -0.3 is 10.0 Å². The summed E-state index contributed by atoms with van der Waals surface area (Å²) in [5.41, 5.74) is 0. The predicted octanol–water partition coefficient (Wildman–Crippen LogP) is 0.712. The zero-order valence-corrected chi connectivity index (χ0v) is 7.59. The Morgan fingerprint density at radius 2 is 1.91 bits per heavy atom. The Kier molecular flexibility index (Phi) is 5.91. The first-order valence-corrected chi connectivity index (χ1v) is 4.07. The van der Waals surface area contributed by atoms with Crippen LogP contribution in [0.5, 0.6) is 0 Å². The third kappa shape index (κ3) is 4.83. The summed E-state index contributed by atoms with van der Waals surface area (Å²) in [6.07, 6.45) is -0.486. The maximum Gasteiger partial charge on any atom is 0.127 e. The maximum absolute atomic E-state index is 9.27. The molecule has 0 rings (SSSR count). The molecule has 2 nitrogen and oxygen atoms in total. The van der Waals surface area contributed by atoms with E-state index in [-0.39, 0.29) is 0 Å². The standard InChI is InChI=1S/C9H17NO/c1-4-7-9(11)8-10(5-2)6-3/h9,11H,5-6,8H2,1-3H3. The van der Waals surface area contributed by atoms with Crippen LogP contribution in [0.25, 0.3) is 0 Å². The highest BCUT2D eigenvalue weighted by atomic mass is 16.3. The molecule has 1 atom stereocenters. The third-order valence-corrected chi connectivity index (χ3v) is 1.64. The van der Waals surface area contributed by atoms with E-state index in [1.807, 2.05) is 0 Å². The molecule has 0 saturated carbocycles. The lowest BCUT2D eigenvalue weighted by molar-refractivity contribution is 0.161. The van der Waals surface area contributed by atoms with Gasteiger partial charge in [0.05, 0.1) is 0 Å². The highest BCUT2D eigenvalue weighted by Crippen LogP contribution is 1.90. The largest absolute Gasteiger partial charge is 0.379 e. The molecule has 0 heterocycles. The van der Waals surface area contributed by atoms with E-state index in [0.29, 0.717) is 6.54 Å². The van der Waals surface area contributed by atoms with Crippen molar-refractivity contribution in [2.75, 3.05) is 19.6 Å². The number of aliphatic hydroxyl groups excluding tert-OH is 1. The summed E-state index contributed by atoms with van der Waals surface area (Å²) in [6.45, 7) is 8.50. The molecule has 2 heteroatoms. The van der Waals surface area contributed by atoms with E-state index in [2.05, 4.69) is 30.6 Å². The van der Waals surface area contributed by atoms with Crippen molar-refractivity contribution < 1.29 is 5.11 Å². The smallest absolute Gasteiger partial charge is 0.127 e. The molecule has 0 radical (unpaired) electrons. The van der Waals surface area contributed by atoms with Crippen LogP contribution >= 0.6 is 0 Å². The van der Waals surface area contributed by atoms with Gasteiger partial charge in [-0.15, -0.1) is 5.92 Å². The van der Waals surface area contributed by atoms with Crippen molar-refractivity contribution in [2.24, 2.45) is 0 Å². The Labute approximate surface area is 69.2 Å². The molecule has 0 aromatic heterocycles. The fraction of sp³-hybridized carbons (Fsp3) is 0.778. The predicted molar refractivity (Wildman–Crippen MR) is 47.2 cm³/mol. The molecule has 0 spiro atoms. The fourth-order valence-electron chi connectivity index (χ4n) is 0.939. The molecule has 0 amide bonds. The number of aliphatic hydroxyl groups is 1. The first-order valence-electron chi connectivity index (χ1n) is 4.07. The molecule has 11 heavy (non-hydrogen) atoms. The van der Waals surface area contributed by atoms with Crippen molar-refractivity contribution in [3.63, 3.8) is 0 Å². The normalized spacial score (nSPS) is 12.5. The molecule has 1 unspecified atom stereocenters. The molecule has 0 fully saturated rings. The highest BCUT2D eigenvalue weighted by Gasteiger charge is 2.04. The molecule has 1 N–H and O–H groups in total. The van der Waals surface area contributed by atoms with E-state index in [4.69, 9.17) is 0 Å². The molecule has 0 aromatic carbocycles. The van der Waals surface area contributed by atoms with Gasteiger partial charge in [0.25, 0.3) is 0 Å². The van der Waals surface area contributed by atoms with E-state index in [0.717, 1.165) is 13.1 Å². The molecule has 0 aliphatic rings. The van der Waals surface area contributed by atoms with Crippen LogP contribution in [0, 0.1) is 11.8 Å². The van der Waals surface area contributed by atoms with Crippen LogP contribution in [0.15, 0.2) is 0 Å². The van der Waals surface area contributed by atoms with Crippen molar-refractivity contribution in [1.29, 1.82) is 0 Å². The number of likely N-dealkylation sites (N-methyl/N-ethyl adjacent to an activating group) is 1. The first kappa shape index (κ1) is 10.5. The van der Waals surface area contributed by atoms with E-state index < -0.39 is 6.10 Å². The van der Waals surface area contributed by atoms with E-state index >= 15 is 0 Å². The highest BCUT2D eigenvalue weighted by molar-refractivity contribution is 5.02. The summed E-state index contributed by atoms with van der Waals surface area (Å²) < 4.78 is 0. The number of hydrogen-bond donors (Lipinski definition) is 1. The van der Waals surface area contributed by atoms with Gasteiger partial charge in [0.2, 0.25) is 0 Å². The Balaban J connectivity index is 3.68. The minimum absolute atomic E-state index is 0.486. The van der Waals surface area contributed by atoms with Crippen LogP contribution in [0.3, 0.4) is 0 Å². The summed E-state index contributed by atoms with van der Waals surface area (Å²) in [4.78, 5) is 2.15. The van der Waals surface area contributed by atoms with Crippen LogP contribution in [-0.2, 0) is 0 Å². The lowest BCUT2D eigenvalue weighted by atomic mass is 10.3. The van der Waals surface area contributed by atoms with Crippen LogP contribution in [-0.4, -0.2) is 35.7 Å². The lowest BCUT2D eigenvalue weighted by Crippen LogP contribution is -2.31. The Hall–Kier alpha value is -0.520. The van der Waals surface area contributed by atoms with Crippen LogP contribution in [0.4, 0.5) is 0 Å². The molecule has 0 aromatic rings. The molecule has 0 aliphatic carbocycles. The Bertz CT molecular complexity index is 141. The molecule has 0 bridgehead atoms. The third-order valence-electron chi connectivity index (χ3n) is 1.64. The van der Waals surface area contributed by atoms with E-state index in [1.165, 1.54) is 0 Å². The van der Waals surface area contributed by atoms with Crippen molar-refractivity contribution in [1.82, 2.24) is 4.90 Å².